The highest BCUT2D eigenvalue weighted by Crippen LogP contribution is 2.32. The molecule has 0 radical (unpaired) electrons. The number of carbonyl (C=O) groups excluding carboxylic acids is 2. The first-order valence-electron chi connectivity index (χ1n) is 10.3. The first-order valence-corrected chi connectivity index (χ1v) is 10.3. The van der Waals surface area contributed by atoms with Gasteiger partial charge in [-0.25, -0.2) is 9.59 Å². The summed E-state index contributed by atoms with van der Waals surface area (Å²) >= 11 is 0. The van der Waals surface area contributed by atoms with Gasteiger partial charge in [0.15, 0.2) is 11.5 Å². The molecule has 0 bridgehead atoms. The Bertz CT molecular complexity index is 1070. The van der Waals surface area contributed by atoms with Crippen molar-refractivity contribution >= 4 is 24.3 Å². The zero-order valence-electron chi connectivity index (χ0n) is 18.8. The molecular formula is C26H28ClNO5. The molecule has 33 heavy (non-hydrogen) atoms. The Morgan fingerprint density at radius 1 is 0.818 bits per heavy atom. The molecule has 0 aliphatic heterocycles. The van der Waals surface area contributed by atoms with Gasteiger partial charge in [-0.05, 0) is 62.7 Å². The molecule has 0 saturated heterocycles. The van der Waals surface area contributed by atoms with E-state index < -0.39 is 18.0 Å². The van der Waals surface area contributed by atoms with Crippen LogP contribution < -0.4 is 14.8 Å². The Labute approximate surface area is 200 Å². The van der Waals surface area contributed by atoms with Gasteiger partial charge in [0.25, 0.3) is 0 Å². The van der Waals surface area contributed by atoms with Crippen LogP contribution >= 0.6 is 12.4 Å². The van der Waals surface area contributed by atoms with Crippen LogP contribution in [0.2, 0.25) is 0 Å². The number of β-amino-alcohol motifs (C(OH)–C–C–N with tert-alkyl or cyclic N) is 1. The van der Waals surface area contributed by atoms with Crippen molar-refractivity contribution in [1.82, 2.24) is 5.32 Å². The fraction of sp³-hybridized carbons (Fsp3) is 0.231. The molecule has 0 spiro atoms. The Kier molecular flexibility index (Phi) is 9.17. The predicted molar refractivity (Wildman–Crippen MR) is 129 cm³/mol. The number of ether oxygens (including phenoxy) is 2. The summed E-state index contributed by atoms with van der Waals surface area (Å²) in [5.74, 6) is -1.04. The number of aliphatic hydroxyl groups is 1. The summed E-state index contributed by atoms with van der Waals surface area (Å²) in [7, 11) is 0. The quantitative estimate of drug-likeness (QED) is 0.375. The van der Waals surface area contributed by atoms with Crippen molar-refractivity contribution in [2.24, 2.45) is 0 Å². The third-order valence-corrected chi connectivity index (χ3v) is 4.60. The van der Waals surface area contributed by atoms with E-state index in [0.717, 1.165) is 0 Å². The van der Waals surface area contributed by atoms with Gasteiger partial charge in [-0.2, -0.15) is 0 Å². The number of rotatable bonds is 7. The van der Waals surface area contributed by atoms with Gasteiger partial charge in [-0.1, -0.05) is 42.5 Å². The summed E-state index contributed by atoms with van der Waals surface area (Å²) in [6.45, 7) is 6.30. The SMILES string of the molecule is CC(C)(C)NCC(O)c1ccc(OC(=O)c2ccccc2)c(OC(=O)c2ccccc2)c1.Cl. The zero-order chi connectivity index (χ0) is 23.1. The van der Waals surface area contributed by atoms with Gasteiger partial charge in [0.05, 0.1) is 17.2 Å². The summed E-state index contributed by atoms with van der Waals surface area (Å²) in [6, 6.07) is 21.7. The Morgan fingerprint density at radius 2 is 1.30 bits per heavy atom. The molecule has 0 amide bonds. The maximum Gasteiger partial charge on any atom is 0.343 e. The highest BCUT2D eigenvalue weighted by atomic mass is 35.5. The van der Waals surface area contributed by atoms with E-state index >= 15 is 0 Å². The summed E-state index contributed by atoms with van der Waals surface area (Å²) in [4.78, 5) is 25.2. The van der Waals surface area contributed by atoms with Crippen LogP contribution in [-0.2, 0) is 0 Å². The van der Waals surface area contributed by atoms with E-state index in [2.05, 4.69) is 5.32 Å². The number of hydrogen-bond donors (Lipinski definition) is 2. The lowest BCUT2D eigenvalue weighted by atomic mass is 10.1. The summed E-state index contributed by atoms with van der Waals surface area (Å²) in [5, 5.41) is 13.8. The second-order valence-corrected chi connectivity index (χ2v) is 8.36. The smallest absolute Gasteiger partial charge is 0.343 e. The molecule has 0 fully saturated rings. The van der Waals surface area contributed by atoms with Gasteiger partial charge in [0, 0.05) is 12.1 Å². The van der Waals surface area contributed by atoms with E-state index in [9.17, 15) is 14.7 Å². The molecule has 174 valence electrons. The van der Waals surface area contributed by atoms with Gasteiger partial charge in [-0.3, -0.25) is 0 Å². The van der Waals surface area contributed by atoms with Crippen LogP contribution in [0.25, 0.3) is 0 Å². The first-order chi connectivity index (χ1) is 15.2. The molecule has 1 unspecified atom stereocenters. The summed E-state index contributed by atoms with van der Waals surface area (Å²) < 4.78 is 11.1. The van der Waals surface area contributed by atoms with Crippen molar-refractivity contribution in [3.05, 3.63) is 95.6 Å². The molecule has 0 aromatic heterocycles. The third-order valence-electron chi connectivity index (χ3n) is 4.60. The molecule has 3 rings (SSSR count). The van der Waals surface area contributed by atoms with E-state index in [4.69, 9.17) is 9.47 Å². The molecule has 6 nitrogen and oxygen atoms in total. The zero-order valence-corrected chi connectivity index (χ0v) is 19.6. The van der Waals surface area contributed by atoms with Crippen LogP contribution in [0.1, 0.15) is 53.2 Å². The molecule has 3 aromatic carbocycles. The average molecular weight is 470 g/mol. The Balaban J connectivity index is 0.00000385. The maximum atomic E-state index is 12.6. The molecule has 2 N–H and O–H groups in total. The predicted octanol–water partition coefficient (Wildman–Crippen LogP) is 4.97. The maximum absolute atomic E-state index is 12.6. The van der Waals surface area contributed by atoms with Gasteiger partial charge < -0.3 is 19.9 Å². The van der Waals surface area contributed by atoms with Crippen LogP contribution in [0.5, 0.6) is 11.5 Å². The van der Waals surface area contributed by atoms with Gasteiger partial charge in [0.1, 0.15) is 0 Å². The minimum absolute atomic E-state index is 0. The average Bonchev–Trinajstić information content (AvgIpc) is 2.79. The molecule has 0 saturated carbocycles. The monoisotopic (exact) mass is 469 g/mol. The lowest BCUT2D eigenvalue weighted by Crippen LogP contribution is -2.38. The second kappa shape index (κ2) is 11.6. The molecule has 3 aromatic rings. The molecular weight excluding hydrogens is 442 g/mol. The van der Waals surface area contributed by atoms with E-state index in [-0.39, 0.29) is 29.4 Å². The number of aliphatic hydroxyl groups excluding tert-OH is 1. The largest absolute Gasteiger partial charge is 0.419 e. The minimum atomic E-state index is -0.845. The first kappa shape index (κ1) is 26.1. The van der Waals surface area contributed by atoms with Crippen molar-refractivity contribution in [3.8, 4) is 11.5 Å². The lowest BCUT2D eigenvalue weighted by molar-refractivity contribution is 0.0681. The van der Waals surface area contributed by atoms with Crippen LogP contribution in [0, 0.1) is 0 Å². The van der Waals surface area contributed by atoms with E-state index in [1.807, 2.05) is 20.8 Å². The van der Waals surface area contributed by atoms with Crippen molar-refractivity contribution in [1.29, 1.82) is 0 Å². The van der Waals surface area contributed by atoms with Gasteiger partial charge >= 0.3 is 11.9 Å². The molecule has 0 aliphatic rings. The van der Waals surface area contributed by atoms with Crippen LogP contribution in [-0.4, -0.2) is 29.1 Å². The second-order valence-electron chi connectivity index (χ2n) is 8.36. The molecule has 0 aliphatic carbocycles. The number of hydrogen-bond acceptors (Lipinski definition) is 6. The fourth-order valence-corrected chi connectivity index (χ4v) is 2.88. The van der Waals surface area contributed by atoms with Crippen molar-refractivity contribution < 1.29 is 24.2 Å². The van der Waals surface area contributed by atoms with E-state index in [1.54, 1.807) is 66.7 Å². The third kappa shape index (κ3) is 7.71. The number of nitrogens with one attached hydrogen (secondary N) is 1. The molecule has 1 atom stereocenters. The normalized spacial score (nSPS) is 11.8. The van der Waals surface area contributed by atoms with Gasteiger partial charge in [-0.15, -0.1) is 12.4 Å². The van der Waals surface area contributed by atoms with Crippen molar-refractivity contribution in [2.45, 2.75) is 32.4 Å². The topological polar surface area (TPSA) is 84.9 Å². The molecule has 7 heteroatoms. The molecule has 0 heterocycles. The van der Waals surface area contributed by atoms with Crippen molar-refractivity contribution in [3.63, 3.8) is 0 Å². The highest BCUT2D eigenvalue weighted by molar-refractivity contribution is 5.93. The lowest BCUT2D eigenvalue weighted by Gasteiger charge is -2.23. The van der Waals surface area contributed by atoms with Crippen LogP contribution in [0.3, 0.4) is 0 Å². The summed E-state index contributed by atoms with van der Waals surface area (Å²) in [5.41, 5.74) is 1.07. The number of benzene rings is 3. The van der Waals surface area contributed by atoms with Crippen LogP contribution in [0.4, 0.5) is 0 Å². The van der Waals surface area contributed by atoms with E-state index in [1.165, 1.54) is 12.1 Å². The van der Waals surface area contributed by atoms with Crippen molar-refractivity contribution in [2.75, 3.05) is 6.54 Å². The summed E-state index contributed by atoms with van der Waals surface area (Å²) in [6.07, 6.45) is -0.845. The van der Waals surface area contributed by atoms with Crippen LogP contribution in [0.15, 0.2) is 78.9 Å². The number of esters is 2. The van der Waals surface area contributed by atoms with E-state index in [0.29, 0.717) is 23.2 Å². The van der Waals surface area contributed by atoms with Gasteiger partial charge in [0.2, 0.25) is 0 Å². The minimum Gasteiger partial charge on any atom is -0.419 e. The highest BCUT2D eigenvalue weighted by Gasteiger charge is 2.20. The number of carbonyl (C=O) groups is 2. The number of halogens is 1. The Morgan fingerprint density at radius 3 is 1.79 bits per heavy atom. The fourth-order valence-electron chi connectivity index (χ4n) is 2.88. The standard InChI is InChI=1S/C26H27NO5.ClH/c1-26(2,3)27-17-21(28)20-14-15-22(31-24(29)18-10-6-4-7-11-18)23(16-20)32-25(30)19-12-8-5-9-13-19;/h4-16,21,27-28H,17H2,1-3H3;1H. The Hall–Kier alpha value is -3.19.